The molecule has 1 aliphatic rings. The van der Waals surface area contributed by atoms with Crippen molar-refractivity contribution >= 4 is 45.2 Å². The highest BCUT2D eigenvalue weighted by Gasteiger charge is 2.35. The lowest BCUT2D eigenvalue weighted by molar-refractivity contribution is -0.385. The summed E-state index contributed by atoms with van der Waals surface area (Å²) in [5.74, 6) is -1.16. The quantitative estimate of drug-likeness (QED) is 0.338. The molecule has 0 radical (unpaired) electrons. The van der Waals surface area contributed by atoms with Crippen LogP contribution in [0.5, 0.6) is 5.75 Å². The second-order valence-electron chi connectivity index (χ2n) is 5.51. The van der Waals surface area contributed by atoms with Crippen LogP contribution in [0.1, 0.15) is 12.5 Å². The number of hydrogen-bond acceptors (Lipinski definition) is 5. The third-order valence-corrected chi connectivity index (χ3v) is 4.21. The van der Waals surface area contributed by atoms with Gasteiger partial charge >= 0.3 is 5.69 Å². The van der Waals surface area contributed by atoms with E-state index in [4.69, 9.17) is 4.74 Å². The number of nitro groups is 1. The molecule has 2 amide bonds. The predicted octanol–water partition coefficient (Wildman–Crippen LogP) is 3.22. The van der Waals surface area contributed by atoms with E-state index in [0.29, 0.717) is 10.2 Å². The van der Waals surface area contributed by atoms with Gasteiger partial charge in [-0.15, -0.1) is 0 Å². The SMILES string of the molecule is CCOc1c(/C=C2/C(=O)NN(c3ccccc3)C2=O)cc(Br)cc1[N+](=O)[O-]. The minimum Gasteiger partial charge on any atom is -0.487 e. The Morgan fingerprint density at radius 2 is 1.96 bits per heavy atom. The summed E-state index contributed by atoms with van der Waals surface area (Å²) in [7, 11) is 0. The standard InChI is InChI=1S/C18H14BrN3O5/c1-2-27-16-11(8-12(19)10-15(16)22(25)26)9-14-17(23)20-21(18(14)24)13-6-4-3-5-7-13/h3-10H,2H2,1H3,(H,20,23)/b14-9-. The molecule has 0 aliphatic carbocycles. The van der Waals surface area contributed by atoms with Crippen molar-refractivity contribution < 1.29 is 19.2 Å². The van der Waals surface area contributed by atoms with E-state index in [2.05, 4.69) is 21.4 Å². The lowest BCUT2D eigenvalue weighted by Crippen LogP contribution is -2.35. The highest BCUT2D eigenvalue weighted by Crippen LogP contribution is 2.36. The van der Waals surface area contributed by atoms with Crippen LogP contribution >= 0.6 is 15.9 Å². The maximum Gasteiger partial charge on any atom is 0.312 e. The lowest BCUT2D eigenvalue weighted by Gasteiger charge is -2.14. The third kappa shape index (κ3) is 3.68. The van der Waals surface area contributed by atoms with E-state index in [0.717, 1.165) is 5.01 Å². The van der Waals surface area contributed by atoms with Gasteiger partial charge in [-0.25, -0.2) is 5.01 Å². The van der Waals surface area contributed by atoms with Crippen molar-refractivity contribution in [1.82, 2.24) is 5.43 Å². The summed E-state index contributed by atoms with van der Waals surface area (Å²) >= 11 is 3.21. The van der Waals surface area contributed by atoms with Gasteiger partial charge in [0.1, 0.15) is 5.57 Å². The van der Waals surface area contributed by atoms with Gasteiger partial charge in [0.25, 0.3) is 11.8 Å². The zero-order chi connectivity index (χ0) is 19.6. The zero-order valence-corrected chi connectivity index (χ0v) is 15.7. The first-order chi connectivity index (χ1) is 12.9. The van der Waals surface area contributed by atoms with Gasteiger partial charge in [-0.2, -0.15) is 0 Å². The summed E-state index contributed by atoms with van der Waals surface area (Å²) < 4.78 is 5.84. The molecule has 2 aromatic carbocycles. The van der Waals surface area contributed by atoms with Crippen LogP contribution in [-0.2, 0) is 9.59 Å². The number of halogens is 1. The number of amides is 2. The van der Waals surface area contributed by atoms with E-state index < -0.39 is 16.7 Å². The number of nitrogens with one attached hydrogen (secondary N) is 1. The van der Waals surface area contributed by atoms with Crippen LogP contribution in [-0.4, -0.2) is 23.3 Å². The second-order valence-corrected chi connectivity index (χ2v) is 6.42. The number of hydrazine groups is 1. The minimum absolute atomic E-state index is 0.00281. The number of ether oxygens (including phenoxy) is 1. The molecule has 0 atom stereocenters. The zero-order valence-electron chi connectivity index (χ0n) is 14.1. The van der Waals surface area contributed by atoms with Gasteiger partial charge in [-0.3, -0.25) is 25.1 Å². The lowest BCUT2D eigenvalue weighted by atomic mass is 10.1. The molecular weight excluding hydrogens is 418 g/mol. The molecule has 1 fully saturated rings. The van der Waals surface area contributed by atoms with E-state index in [1.807, 2.05) is 0 Å². The first-order valence-electron chi connectivity index (χ1n) is 7.95. The number of para-hydroxylation sites is 1. The Balaban J connectivity index is 2.07. The van der Waals surface area contributed by atoms with Crippen LogP contribution in [0.3, 0.4) is 0 Å². The summed E-state index contributed by atoms with van der Waals surface area (Å²) in [5.41, 5.74) is 2.84. The monoisotopic (exact) mass is 431 g/mol. The second kappa shape index (κ2) is 7.58. The summed E-state index contributed by atoms with van der Waals surface area (Å²) in [5, 5.41) is 12.5. The van der Waals surface area contributed by atoms with Gasteiger partial charge in [-0.05, 0) is 31.2 Å². The van der Waals surface area contributed by atoms with Crippen molar-refractivity contribution in [3.63, 3.8) is 0 Å². The summed E-state index contributed by atoms with van der Waals surface area (Å²) in [6, 6.07) is 11.5. The molecule has 1 saturated heterocycles. The van der Waals surface area contributed by atoms with Crippen molar-refractivity contribution in [1.29, 1.82) is 0 Å². The fraction of sp³-hybridized carbons (Fsp3) is 0.111. The Bertz CT molecular complexity index is 959. The van der Waals surface area contributed by atoms with E-state index in [1.165, 1.54) is 12.1 Å². The average Bonchev–Trinajstić information content (AvgIpc) is 2.92. The molecule has 0 unspecified atom stereocenters. The summed E-state index contributed by atoms with van der Waals surface area (Å²) in [4.78, 5) is 35.8. The maximum absolute atomic E-state index is 12.7. The molecule has 1 N–H and O–H groups in total. The molecule has 1 aliphatic heterocycles. The Morgan fingerprint density at radius 1 is 1.26 bits per heavy atom. The Hall–Kier alpha value is -3.20. The molecule has 138 valence electrons. The van der Waals surface area contributed by atoms with Gasteiger partial charge in [0, 0.05) is 16.1 Å². The molecule has 0 spiro atoms. The van der Waals surface area contributed by atoms with Gasteiger partial charge in [0.15, 0.2) is 0 Å². The third-order valence-electron chi connectivity index (χ3n) is 3.75. The fourth-order valence-electron chi connectivity index (χ4n) is 2.62. The number of anilines is 1. The Kier molecular flexibility index (Phi) is 5.22. The van der Waals surface area contributed by atoms with Crippen molar-refractivity contribution in [2.24, 2.45) is 0 Å². The molecule has 0 saturated carbocycles. The van der Waals surface area contributed by atoms with E-state index in [-0.39, 0.29) is 29.2 Å². The minimum atomic E-state index is -0.603. The van der Waals surface area contributed by atoms with E-state index in [9.17, 15) is 19.7 Å². The number of nitro benzene ring substituents is 1. The van der Waals surface area contributed by atoms with Crippen molar-refractivity contribution in [3.8, 4) is 5.75 Å². The number of carbonyl (C=O) groups excluding carboxylic acids is 2. The van der Waals surface area contributed by atoms with Gasteiger partial charge in [0.05, 0.1) is 17.2 Å². The van der Waals surface area contributed by atoms with Crippen LogP contribution in [0.25, 0.3) is 6.08 Å². The van der Waals surface area contributed by atoms with Crippen LogP contribution in [0.4, 0.5) is 11.4 Å². The largest absolute Gasteiger partial charge is 0.487 e. The number of benzene rings is 2. The summed E-state index contributed by atoms with van der Waals surface area (Å²) in [6.07, 6.45) is 1.30. The number of hydrogen-bond donors (Lipinski definition) is 1. The number of nitrogens with zero attached hydrogens (tertiary/aromatic N) is 2. The average molecular weight is 432 g/mol. The maximum atomic E-state index is 12.7. The normalized spacial score (nSPS) is 15.2. The van der Waals surface area contributed by atoms with Crippen molar-refractivity contribution in [2.75, 3.05) is 11.6 Å². The topological polar surface area (TPSA) is 102 Å². The van der Waals surface area contributed by atoms with E-state index in [1.54, 1.807) is 43.3 Å². The molecule has 2 aromatic rings. The van der Waals surface area contributed by atoms with Gasteiger partial charge in [0.2, 0.25) is 5.75 Å². The fourth-order valence-corrected chi connectivity index (χ4v) is 3.08. The molecule has 8 nitrogen and oxygen atoms in total. The first-order valence-corrected chi connectivity index (χ1v) is 8.74. The number of carbonyl (C=O) groups is 2. The molecule has 0 aromatic heterocycles. The molecule has 0 bridgehead atoms. The van der Waals surface area contributed by atoms with Crippen LogP contribution < -0.4 is 15.2 Å². The van der Waals surface area contributed by atoms with Crippen LogP contribution in [0.15, 0.2) is 52.5 Å². The molecule has 3 rings (SSSR count). The highest BCUT2D eigenvalue weighted by atomic mass is 79.9. The first kappa shape index (κ1) is 18.6. The number of rotatable bonds is 5. The smallest absolute Gasteiger partial charge is 0.312 e. The summed E-state index contributed by atoms with van der Waals surface area (Å²) in [6.45, 7) is 1.88. The van der Waals surface area contributed by atoms with E-state index >= 15 is 0 Å². The predicted molar refractivity (Wildman–Crippen MR) is 102 cm³/mol. The highest BCUT2D eigenvalue weighted by molar-refractivity contribution is 9.10. The Morgan fingerprint density at radius 3 is 2.59 bits per heavy atom. The molecule has 1 heterocycles. The van der Waals surface area contributed by atoms with Crippen molar-refractivity contribution in [2.45, 2.75) is 6.92 Å². The molecular formula is C18H14BrN3O5. The molecule has 27 heavy (non-hydrogen) atoms. The van der Waals surface area contributed by atoms with Gasteiger partial charge in [-0.1, -0.05) is 34.1 Å². The van der Waals surface area contributed by atoms with Crippen LogP contribution in [0, 0.1) is 10.1 Å². The Labute approximate surface area is 162 Å². The van der Waals surface area contributed by atoms with Crippen molar-refractivity contribution in [3.05, 3.63) is 68.2 Å². The van der Waals surface area contributed by atoms with Gasteiger partial charge < -0.3 is 4.74 Å². The molecule has 9 heteroatoms. The van der Waals surface area contributed by atoms with Crippen LogP contribution in [0.2, 0.25) is 0 Å².